The zero-order chi connectivity index (χ0) is 20.1. The van der Waals surface area contributed by atoms with Gasteiger partial charge in [-0.05, 0) is 51.8 Å². The smallest absolute Gasteiger partial charge is 0.153 e. The van der Waals surface area contributed by atoms with E-state index < -0.39 is 0 Å². The second-order valence-corrected chi connectivity index (χ2v) is 5.63. The van der Waals surface area contributed by atoms with Gasteiger partial charge in [0.15, 0.2) is 5.75 Å². The number of nitrogen functional groups attached to an aromatic ring is 1. The SMILES string of the molecule is C/C=C\C(F)=C/C.CNc1ccc(N)c(C(C)=N)c1OC.O=CC1CC1. The van der Waals surface area contributed by atoms with Crippen molar-refractivity contribution in [2.24, 2.45) is 5.92 Å². The highest BCUT2D eigenvalue weighted by Crippen LogP contribution is 2.32. The number of allylic oxidation sites excluding steroid dienone is 4. The van der Waals surface area contributed by atoms with Gasteiger partial charge in [0.2, 0.25) is 0 Å². The van der Waals surface area contributed by atoms with E-state index in [1.54, 1.807) is 47.1 Å². The molecule has 0 heterocycles. The molecule has 144 valence electrons. The van der Waals surface area contributed by atoms with Crippen molar-refractivity contribution < 1.29 is 13.9 Å². The summed E-state index contributed by atoms with van der Waals surface area (Å²) in [5, 5.41) is 10.6. The summed E-state index contributed by atoms with van der Waals surface area (Å²) in [6.45, 7) is 5.13. The zero-order valence-corrected chi connectivity index (χ0v) is 16.2. The molecule has 6 heteroatoms. The molecule has 0 amide bonds. The minimum Gasteiger partial charge on any atom is -0.494 e. The predicted octanol–water partition coefficient (Wildman–Crippen LogP) is 4.74. The zero-order valence-electron chi connectivity index (χ0n) is 16.2. The van der Waals surface area contributed by atoms with Crippen LogP contribution in [0.4, 0.5) is 15.8 Å². The first kappa shape index (κ1) is 23.4. The second-order valence-electron chi connectivity index (χ2n) is 5.63. The van der Waals surface area contributed by atoms with Crippen LogP contribution in [0.1, 0.15) is 39.2 Å². The number of hydrogen-bond donors (Lipinski definition) is 3. The van der Waals surface area contributed by atoms with Gasteiger partial charge in [-0.2, -0.15) is 0 Å². The van der Waals surface area contributed by atoms with Crippen LogP contribution in [-0.2, 0) is 4.79 Å². The summed E-state index contributed by atoms with van der Waals surface area (Å²) in [7, 11) is 3.37. The van der Waals surface area contributed by atoms with Crippen LogP contribution in [0, 0.1) is 11.3 Å². The molecule has 26 heavy (non-hydrogen) atoms. The minimum atomic E-state index is -0.178. The summed E-state index contributed by atoms with van der Waals surface area (Å²) < 4.78 is 17.1. The maximum absolute atomic E-state index is 11.9. The van der Waals surface area contributed by atoms with E-state index in [2.05, 4.69) is 5.32 Å². The molecule has 1 aromatic carbocycles. The molecule has 0 radical (unpaired) electrons. The maximum Gasteiger partial charge on any atom is 0.153 e. The van der Waals surface area contributed by atoms with E-state index >= 15 is 0 Å². The Morgan fingerprint density at radius 3 is 2.27 bits per heavy atom. The van der Waals surface area contributed by atoms with Crippen molar-refractivity contribution in [1.82, 2.24) is 0 Å². The van der Waals surface area contributed by atoms with E-state index in [1.165, 1.54) is 12.2 Å². The molecule has 1 saturated carbocycles. The van der Waals surface area contributed by atoms with Crippen molar-refractivity contribution in [1.29, 1.82) is 5.41 Å². The third-order valence-electron chi connectivity index (χ3n) is 3.45. The molecule has 0 aliphatic heterocycles. The molecule has 0 aromatic heterocycles. The quantitative estimate of drug-likeness (QED) is 0.305. The number of methoxy groups -OCH3 is 1. The van der Waals surface area contributed by atoms with Gasteiger partial charge < -0.3 is 26.0 Å². The van der Waals surface area contributed by atoms with Gasteiger partial charge >= 0.3 is 0 Å². The van der Waals surface area contributed by atoms with Gasteiger partial charge in [0.05, 0.1) is 18.4 Å². The standard InChI is InChI=1S/C10H15N3O.C6H9F.C4H6O/c1-6(11)9-7(12)4-5-8(13-2)10(9)14-3;1-3-5-6(7)4-2;5-3-4-1-2-4/h4-5,11,13H,12H2,1-3H3;3-5H,1-2H3;3-4H,1-2H2/b;5-3-,6-4+;. The van der Waals surface area contributed by atoms with Gasteiger partial charge in [0.25, 0.3) is 0 Å². The Kier molecular flexibility index (Phi) is 11.4. The number of nitrogens with two attached hydrogens (primary N) is 1. The molecule has 1 aliphatic rings. The Morgan fingerprint density at radius 2 is 2.00 bits per heavy atom. The van der Waals surface area contributed by atoms with Crippen LogP contribution in [0.15, 0.2) is 36.2 Å². The average Bonchev–Trinajstić information content (AvgIpc) is 3.46. The first-order chi connectivity index (χ1) is 12.4. The molecule has 4 N–H and O–H groups in total. The number of ether oxygens (including phenoxy) is 1. The van der Waals surface area contributed by atoms with Crippen LogP contribution < -0.4 is 15.8 Å². The highest BCUT2D eigenvalue weighted by molar-refractivity contribution is 6.05. The third kappa shape index (κ3) is 8.46. The van der Waals surface area contributed by atoms with Crippen LogP contribution >= 0.6 is 0 Å². The number of carbonyl (C=O) groups is 1. The van der Waals surface area contributed by atoms with E-state index in [4.69, 9.17) is 15.9 Å². The lowest BCUT2D eigenvalue weighted by atomic mass is 10.1. The van der Waals surface area contributed by atoms with Crippen LogP contribution in [0.5, 0.6) is 5.75 Å². The normalized spacial score (nSPS) is 13.1. The fourth-order valence-electron chi connectivity index (χ4n) is 1.88. The van der Waals surface area contributed by atoms with Gasteiger partial charge in [-0.15, -0.1) is 0 Å². The Morgan fingerprint density at radius 1 is 1.38 bits per heavy atom. The van der Waals surface area contributed by atoms with Crippen molar-refractivity contribution in [3.8, 4) is 5.75 Å². The third-order valence-corrected chi connectivity index (χ3v) is 3.45. The Labute approximate surface area is 155 Å². The Bertz CT molecular complexity index is 651. The van der Waals surface area contributed by atoms with Gasteiger partial charge in [0.1, 0.15) is 12.1 Å². The first-order valence-electron chi connectivity index (χ1n) is 8.45. The number of aldehydes is 1. The van der Waals surface area contributed by atoms with Crippen molar-refractivity contribution in [3.63, 3.8) is 0 Å². The lowest BCUT2D eigenvalue weighted by molar-refractivity contribution is -0.108. The average molecular weight is 363 g/mol. The Balaban J connectivity index is 0.000000430. The van der Waals surface area contributed by atoms with Crippen LogP contribution in [0.2, 0.25) is 0 Å². The molecule has 0 bridgehead atoms. The number of benzene rings is 1. The van der Waals surface area contributed by atoms with Gasteiger partial charge in [-0.25, -0.2) is 4.39 Å². The molecule has 1 fully saturated rings. The molecule has 0 saturated heterocycles. The summed E-state index contributed by atoms with van der Waals surface area (Å²) in [4.78, 5) is 9.57. The highest BCUT2D eigenvalue weighted by Gasteiger charge is 2.19. The lowest BCUT2D eigenvalue weighted by Gasteiger charge is -2.14. The number of hydrogen-bond acceptors (Lipinski definition) is 5. The van der Waals surface area contributed by atoms with E-state index in [1.807, 2.05) is 6.07 Å². The van der Waals surface area contributed by atoms with Crippen LogP contribution in [0.25, 0.3) is 0 Å². The predicted molar refractivity (Wildman–Crippen MR) is 108 cm³/mol. The molecule has 1 aromatic rings. The number of nitrogens with one attached hydrogen (secondary N) is 2. The molecule has 1 aliphatic carbocycles. The molecule has 5 nitrogen and oxygen atoms in total. The van der Waals surface area contributed by atoms with Crippen molar-refractivity contribution in [3.05, 3.63) is 41.8 Å². The lowest BCUT2D eigenvalue weighted by Crippen LogP contribution is -2.05. The molecule has 2 rings (SSSR count). The summed E-state index contributed by atoms with van der Waals surface area (Å²) in [5.74, 6) is 0.900. The van der Waals surface area contributed by atoms with Crippen molar-refractivity contribution in [2.75, 3.05) is 25.2 Å². The fraction of sp³-hybridized carbons (Fsp3) is 0.400. The summed E-state index contributed by atoms with van der Waals surface area (Å²) in [6.07, 6.45) is 7.81. The van der Waals surface area contributed by atoms with E-state index in [-0.39, 0.29) is 5.83 Å². The monoisotopic (exact) mass is 363 g/mol. The van der Waals surface area contributed by atoms with Gasteiger partial charge in [-0.1, -0.05) is 12.2 Å². The summed E-state index contributed by atoms with van der Waals surface area (Å²) in [5.41, 5.74) is 8.22. The first-order valence-corrected chi connectivity index (χ1v) is 8.45. The fourth-order valence-corrected chi connectivity index (χ4v) is 1.88. The molecular formula is C20H30FN3O2. The van der Waals surface area contributed by atoms with E-state index in [0.717, 1.165) is 24.8 Å². The molecule has 0 unspecified atom stereocenters. The van der Waals surface area contributed by atoms with Crippen molar-refractivity contribution in [2.45, 2.75) is 33.6 Å². The number of halogens is 1. The Hall–Kier alpha value is -2.63. The summed E-state index contributed by atoms with van der Waals surface area (Å²) >= 11 is 0. The largest absolute Gasteiger partial charge is 0.494 e. The molecule has 0 spiro atoms. The number of carbonyl (C=O) groups excluding carboxylic acids is 1. The summed E-state index contributed by atoms with van der Waals surface area (Å²) in [6, 6.07) is 3.60. The molecule has 0 atom stereocenters. The van der Waals surface area contributed by atoms with Crippen LogP contribution in [-0.4, -0.2) is 26.2 Å². The number of rotatable bonds is 5. The van der Waals surface area contributed by atoms with Crippen LogP contribution in [0.3, 0.4) is 0 Å². The van der Waals surface area contributed by atoms with E-state index in [0.29, 0.717) is 28.6 Å². The van der Waals surface area contributed by atoms with Crippen molar-refractivity contribution >= 4 is 23.4 Å². The minimum absolute atomic E-state index is 0.178. The highest BCUT2D eigenvalue weighted by atomic mass is 19.1. The molecular weight excluding hydrogens is 333 g/mol. The number of anilines is 2. The second kappa shape index (κ2) is 12.7. The maximum atomic E-state index is 11.9. The van der Waals surface area contributed by atoms with E-state index in [9.17, 15) is 9.18 Å². The topological polar surface area (TPSA) is 88.2 Å². The van der Waals surface area contributed by atoms with Gasteiger partial charge in [-0.3, -0.25) is 0 Å². The van der Waals surface area contributed by atoms with Gasteiger partial charge in [0, 0.05) is 24.4 Å².